The van der Waals surface area contributed by atoms with Crippen molar-refractivity contribution in [2.24, 2.45) is 0 Å². The van der Waals surface area contributed by atoms with Crippen molar-refractivity contribution in [3.05, 3.63) is 214 Å². The summed E-state index contributed by atoms with van der Waals surface area (Å²) in [7, 11) is 6.75. The summed E-state index contributed by atoms with van der Waals surface area (Å²) < 4.78 is 22.7. The second kappa shape index (κ2) is 18.4. The first-order valence-corrected chi connectivity index (χ1v) is 28.7. The largest absolute Gasteiger partial charge is 0.497 e. The monoisotopic (exact) mass is 1090 g/mol. The minimum absolute atomic E-state index is 0.128. The molecule has 15 rings (SSSR count). The second-order valence-electron chi connectivity index (χ2n) is 24.9. The van der Waals surface area contributed by atoms with Crippen molar-refractivity contribution in [3.63, 3.8) is 0 Å². The fraction of sp³-hybridized carbons (Fsp3) is 0.154. The van der Waals surface area contributed by atoms with Crippen molar-refractivity contribution in [2.45, 2.75) is 52.4 Å². The van der Waals surface area contributed by atoms with E-state index in [-0.39, 0.29) is 21.7 Å². The van der Waals surface area contributed by atoms with Gasteiger partial charge in [-0.1, -0.05) is 114 Å². The molecule has 0 saturated heterocycles. The van der Waals surface area contributed by atoms with Crippen LogP contribution in [-0.4, -0.2) is 28.4 Å². The average Bonchev–Trinajstić information content (AvgIpc) is 0.792. The van der Waals surface area contributed by atoms with Crippen LogP contribution >= 0.6 is 0 Å². The van der Waals surface area contributed by atoms with Crippen LogP contribution in [0.25, 0.3) is 152 Å². The molecule has 6 heteroatoms. The molecule has 0 N–H and O–H groups in total. The van der Waals surface area contributed by atoms with E-state index in [1.165, 1.54) is 11.1 Å². The number of ether oxygens (including phenoxy) is 4. The first-order valence-electron chi connectivity index (χ1n) is 28.7. The van der Waals surface area contributed by atoms with Crippen LogP contribution in [0.4, 0.5) is 0 Å². The molecule has 15 aromatic rings. The molecule has 6 nitrogen and oxygen atoms in total. The minimum atomic E-state index is -0.181. The number of methoxy groups -OCH3 is 4. The van der Waals surface area contributed by atoms with E-state index in [0.29, 0.717) is 21.5 Å². The van der Waals surface area contributed by atoms with Gasteiger partial charge in [-0.2, -0.15) is 0 Å². The Morgan fingerprint density at radius 2 is 0.512 bits per heavy atom. The van der Waals surface area contributed by atoms with Crippen LogP contribution in [0.5, 0.6) is 23.0 Å². The molecule has 0 atom stereocenters. The fourth-order valence-electron chi connectivity index (χ4n) is 13.7. The van der Waals surface area contributed by atoms with E-state index in [2.05, 4.69) is 151 Å². The topological polar surface area (TPSA) is 71.1 Å². The van der Waals surface area contributed by atoms with E-state index >= 15 is 9.59 Å². The highest BCUT2D eigenvalue weighted by molar-refractivity contribution is 6.37. The van der Waals surface area contributed by atoms with Gasteiger partial charge in [-0.05, 0) is 262 Å². The Kier molecular flexibility index (Phi) is 11.2. The van der Waals surface area contributed by atoms with Crippen LogP contribution in [0.15, 0.2) is 192 Å². The van der Waals surface area contributed by atoms with Crippen LogP contribution in [0, 0.1) is 0 Å². The molecular weight excluding hydrogens is 1030 g/mol. The van der Waals surface area contributed by atoms with Crippen molar-refractivity contribution in [1.82, 2.24) is 0 Å². The van der Waals surface area contributed by atoms with Crippen LogP contribution < -0.4 is 29.8 Å². The minimum Gasteiger partial charge on any atom is -0.497 e. The predicted molar refractivity (Wildman–Crippen MR) is 353 cm³/mol. The maximum absolute atomic E-state index is 16.0. The lowest BCUT2D eigenvalue weighted by molar-refractivity contribution is 0.415. The van der Waals surface area contributed by atoms with Gasteiger partial charge >= 0.3 is 0 Å². The van der Waals surface area contributed by atoms with Gasteiger partial charge in [-0.15, -0.1) is 0 Å². The zero-order valence-electron chi connectivity index (χ0n) is 48.8. The summed E-state index contributed by atoms with van der Waals surface area (Å²) >= 11 is 0. The van der Waals surface area contributed by atoms with Crippen molar-refractivity contribution >= 4 is 108 Å². The van der Waals surface area contributed by atoms with Crippen LogP contribution in [0.1, 0.15) is 52.7 Å². The van der Waals surface area contributed by atoms with Crippen LogP contribution in [-0.2, 0) is 10.8 Å². The summed E-state index contributed by atoms with van der Waals surface area (Å²) in [5.74, 6) is 3.07. The second-order valence-corrected chi connectivity index (χ2v) is 24.9. The number of hydrogen-bond acceptors (Lipinski definition) is 6. The summed E-state index contributed by atoms with van der Waals surface area (Å²) in [4.78, 5) is 31.7. The Hall–Kier alpha value is -9.78. The van der Waals surface area contributed by atoms with Crippen LogP contribution in [0.2, 0.25) is 0 Å². The molecule has 0 unspecified atom stereocenters. The van der Waals surface area contributed by atoms with Gasteiger partial charge in [0.25, 0.3) is 0 Å². The molecule has 0 heterocycles. The quantitative estimate of drug-likeness (QED) is 0.112. The van der Waals surface area contributed by atoms with Gasteiger partial charge in [0.15, 0.2) is 10.9 Å². The lowest BCUT2D eigenvalue weighted by Gasteiger charge is -2.24. The Balaban J connectivity index is 1.09. The molecule has 0 aliphatic rings. The highest BCUT2D eigenvalue weighted by Gasteiger charge is 2.27. The third-order valence-electron chi connectivity index (χ3n) is 18.1. The number of rotatable bonds is 8. The molecular formula is C78H60O6. The molecule has 0 saturated carbocycles. The molecule has 0 fully saturated rings. The summed E-state index contributed by atoms with van der Waals surface area (Å²) in [6.45, 7) is 13.6. The number of hydrogen-bond donors (Lipinski definition) is 0. The normalized spacial score (nSPS) is 12.5. The van der Waals surface area contributed by atoms with E-state index in [1.807, 2.05) is 72.8 Å². The molecule has 15 aromatic carbocycles. The summed E-state index contributed by atoms with van der Waals surface area (Å²) in [6.07, 6.45) is 0. The lowest BCUT2D eigenvalue weighted by Crippen LogP contribution is -2.13. The Morgan fingerprint density at radius 3 is 0.798 bits per heavy atom. The fourth-order valence-corrected chi connectivity index (χ4v) is 13.7. The van der Waals surface area contributed by atoms with Gasteiger partial charge in [0.05, 0.1) is 28.4 Å². The third kappa shape index (κ3) is 7.69. The Labute approximate surface area is 486 Å². The van der Waals surface area contributed by atoms with Crippen molar-refractivity contribution in [2.75, 3.05) is 28.4 Å². The Morgan fingerprint density at radius 1 is 0.250 bits per heavy atom. The third-order valence-corrected chi connectivity index (χ3v) is 18.1. The first kappa shape index (κ1) is 51.1. The molecule has 0 bridgehead atoms. The van der Waals surface area contributed by atoms with Crippen molar-refractivity contribution < 1.29 is 18.9 Å². The van der Waals surface area contributed by atoms with E-state index in [1.54, 1.807) is 28.4 Å². The summed E-state index contributed by atoms with van der Waals surface area (Å²) in [6, 6.07) is 64.2. The van der Waals surface area contributed by atoms with E-state index < -0.39 is 0 Å². The molecule has 408 valence electrons. The first-order chi connectivity index (χ1) is 40.5. The van der Waals surface area contributed by atoms with Crippen LogP contribution in [0.3, 0.4) is 0 Å². The zero-order chi connectivity index (χ0) is 57.8. The maximum atomic E-state index is 16.0. The summed E-state index contributed by atoms with van der Waals surface area (Å²) in [5.41, 5.74) is 10.2. The van der Waals surface area contributed by atoms with Gasteiger partial charge in [0, 0.05) is 21.5 Å². The SMILES string of the molecule is COc1ccc(-c2cc3cc(C(C)(C)C)cc4cc(-c5ccc(OC)cc5)c5c6cc7c(=O)c8cc9c(cc%10c(-c%11ccc(OC)cc%11)cc%11cc(C(C)(C)C)cc%12cc(-c%13ccc(OC)cc%13)c9c%10c%11%12)cc8c(=O)c7cc6cc2c5c34)cc1. The smallest absolute Gasteiger partial charge is 0.194 e. The van der Waals surface area contributed by atoms with Gasteiger partial charge in [0.2, 0.25) is 0 Å². The van der Waals surface area contributed by atoms with Gasteiger partial charge in [-0.3, -0.25) is 9.59 Å². The van der Waals surface area contributed by atoms with E-state index in [9.17, 15) is 0 Å². The van der Waals surface area contributed by atoms with Crippen molar-refractivity contribution in [1.29, 1.82) is 0 Å². The summed E-state index contributed by atoms with van der Waals surface area (Å²) in [5, 5.41) is 18.3. The standard InChI is InChI=1S/C78H60O6/c1-77(2,3)51-27-47-35-57(41-11-19-53(81-7)20-12-41)63-31-45-33-65-67(39-61(45)71-59(37-49(29-51)69(47)73(63)71)43-15-23-55(83-9)24-16-43)76(80)68-40-62-46(34-66(68)75(65)79)32-64-58(42-13-21-54(82-8)22-14-42)36-48-28-52(78(4,5)6)30-50-38-60(72(62)74(64)70(48)50)44-17-25-56(84-10)26-18-44/h11-40H,1-10H3. The number of benzene rings is 15. The highest BCUT2D eigenvalue weighted by atomic mass is 16.5. The van der Waals surface area contributed by atoms with Gasteiger partial charge in [-0.25, -0.2) is 0 Å². The lowest BCUT2D eigenvalue weighted by atomic mass is 9.79. The van der Waals surface area contributed by atoms with Crippen molar-refractivity contribution in [3.8, 4) is 67.5 Å². The van der Waals surface area contributed by atoms with E-state index in [4.69, 9.17) is 18.9 Å². The molecule has 0 aliphatic heterocycles. The molecule has 84 heavy (non-hydrogen) atoms. The molecule has 0 radical (unpaired) electrons. The predicted octanol–water partition coefficient (Wildman–Crippen LogP) is 19.5. The average molecular weight is 1090 g/mol. The highest BCUT2D eigenvalue weighted by Crippen LogP contribution is 2.51. The maximum Gasteiger partial charge on any atom is 0.194 e. The van der Waals surface area contributed by atoms with Gasteiger partial charge < -0.3 is 18.9 Å². The van der Waals surface area contributed by atoms with E-state index in [0.717, 1.165) is 154 Å². The number of fused-ring (bicyclic) bond motifs is 6. The molecule has 0 aliphatic carbocycles. The Bertz CT molecular complexity index is 4990. The molecule has 0 aromatic heterocycles. The van der Waals surface area contributed by atoms with Gasteiger partial charge in [0.1, 0.15) is 23.0 Å². The zero-order valence-corrected chi connectivity index (χ0v) is 48.8. The molecule has 0 amide bonds. The molecule has 0 spiro atoms.